The number of likely N-dealkylation sites (N-methyl/N-ethyl adjacent to an activating group) is 1. The molecule has 0 aromatic heterocycles. The van der Waals surface area contributed by atoms with Crippen LogP contribution in [-0.2, 0) is 6.54 Å². The Morgan fingerprint density at radius 2 is 1.95 bits per heavy atom. The van der Waals surface area contributed by atoms with E-state index in [-0.39, 0.29) is 11.8 Å². The van der Waals surface area contributed by atoms with E-state index in [1.807, 2.05) is 0 Å². The maximum atomic E-state index is 12.4. The number of alkyl halides is 2. The molecule has 1 aromatic rings. The van der Waals surface area contributed by atoms with Crippen LogP contribution in [0.15, 0.2) is 18.2 Å². The number of nitrogens with zero attached hydrogens (tertiary/aromatic N) is 1. The maximum absolute atomic E-state index is 12.4. The second kappa shape index (κ2) is 9.18. The van der Waals surface area contributed by atoms with Gasteiger partial charge >= 0.3 is 6.61 Å². The van der Waals surface area contributed by atoms with E-state index < -0.39 is 6.61 Å². The lowest BCUT2D eigenvalue weighted by Gasteiger charge is -2.24. The maximum Gasteiger partial charge on any atom is 0.387 e. The normalized spacial score (nSPS) is 13.0. The van der Waals surface area contributed by atoms with Crippen molar-refractivity contribution >= 4 is 11.6 Å². The molecule has 0 heterocycles. The van der Waals surface area contributed by atoms with Crippen molar-refractivity contribution in [1.82, 2.24) is 10.2 Å². The van der Waals surface area contributed by atoms with E-state index in [2.05, 4.69) is 35.7 Å². The first-order chi connectivity index (χ1) is 9.96. The Morgan fingerprint density at radius 1 is 1.29 bits per heavy atom. The molecule has 0 fully saturated rings. The lowest BCUT2D eigenvalue weighted by molar-refractivity contribution is -0.0505. The zero-order chi connectivity index (χ0) is 15.8. The molecule has 1 rings (SSSR count). The van der Waals surface area contributed by atoms with Crippen molar-refractivity contribution < 1.29 is 13.5 Å². The molecule has 0 saturated carbocycles. The van der Waals surface area contributed by atoms with Crippen LogP contribution in [-0.4, -0.2) is 37.2 Å². The molecule has 0 radical (unpaired) electrons. The minimum Gasteiger partial charge on any atom is -0.434 e. The van der Waals surface area contributed by atoms with E-state index in [1.54, 1.807) is 12.1 Å². The zero-order valence-electron chi connectivity index (χ0n) is 12.7. The van der Waals surface area contributed by atoms with E-state index in [0.717, 1.165) is 19.6 Å². The number of hydrogen-bond donors (Lipinski definition) is 1. The molecule has 21 heavy (non-hydrogen) atoms. The van der Waals surface area contributed by atoms with Gasteiger partial charge in [0, 0.05) is 29.7 Å². The summed E-state index contributed by atoms with van der Waals surface area (Å²) in [5.41, 5.74) is 0.634. The van der Waals surface area contributed by atoms with Crippen LogP contribution in [0.1, 0.15) is 26.3 Å². The van der Waals surface area contributed by atoms with Gasteiger partial charge in [0.15, 0.2) is 0 Å². The monoisotopic (exact) mass is 320 g/mol. The minimum absolute atomic E-state index is 0.164. The van der Waals surface area contributed by atoms with Crippen LogP contribution in [0.25, 0.3) is 0 Å². The Bertz CT molecular complexity index is 428. The summed E-state index contributed by atoms with van der Waals surface area (Å²) in [4.78, 5) is 2.30. The summed E-state index contributed by atoms with van der Waals surface area (Å²) in [6.07, 6.45) is 0. The van der Waals surface area contributed by atoms with Crippen LogP contribution in [0.5, 0.6) is 5.75 Å². The number of hydrogen-bond acceptors (Lipinski definition) is 3. The summed E-state index contributed by atoms with van der Waals surface area (Å²) in [7, 11) is 0. The molecule has 3 nitrogen and oxygen atoms in total. The standard InChI is InChI=1S/C15H23ClF2N2O/c1-4-20(5-2)10-11(3)19-9-12-8-13(16)6-7-14(12)21-15(17)18/h6-8,11,15,19H,4-5,9-10H2,1-3H3. The fraction of sp³-hybridized carbons (Fsp3) is 0.600. The van der Waals surface area contributed by atoms with Crippen molar-refractivity contribution in [2.24, 2.45) is 0 Å². The molecule has 120 valence electrons. The van der Waals surface area contributed by atoms with Crippen LogP contribution < -0.4 is 10.1 Å². The van der Waals surface area contributed by atoms with Crippen molar-refractivity contribution in [3.8, 4) is 5.75 Å². The fourth-order valence-corrected chi connectivity index (χ4v) is 2.31. The van der Waals surface area contributed by atoms with Crippen molar-refractivity contribution in [3.05, 3.63) is 28.8 Å². The van der Waals surface area contributed by atoms with Gasteiger partial charge in [0.25, 0.3) is 0 Å². The molecule has 0 spiro atoms. The summed E-state index contributed by atoms with van der Waals surface area (Å²) in [6, 6.07) is 4.90. The molecule has 0 amide bonds. The van der Waals surface area contributed by atoms with Crippen LogP contribution in [0, 0.1) is 0 Å². The van der Waals surface area contributed by atoms with Crippen molar-refractivity contribution in [3.63, 3.8) is 0 Å². The Kier molecular flexibility index (Phi) is 7.93. The summed E-state index contributed by atoms with van der Waals surface area (Å²) >= 11 is 5.92. The first-order valence-corrected chi connectivity index (χ1v) is 7.53. The van der Waals surface area contributed by atoms with Crippen LogP contribution in [0.4, 0.5) is 8.78 Å². The first kappa shape index (κ1) is 18.1. The highest BCUT2D eigenvalue weighted by molar-refractivity contribution is 6.30. The molecule has 0 saturated heterocycles. The van der Waals surface area contributed by atoms with Gasteiger partial charge in [-0.25, -0.2) is 0 Å². The topological polar surface area (TPSA) is 24.5 Å². The van der Waals surface area contributed by atoms with Gasteiger partial charge in [-0.2, -0.15) is 8.78 Å². The highest BCUT2D eigenvalue weighted by Crippen LogP contribution is 2.24. The average molecular weight is 321 g/mol. The van der Waals surface area contributed by atoms with E-state index in [0.29, 0.717) is 17.1 Å². The smallest absolute Gasteiger partial charge is 0.387 e. The Hall–Kier alpha value is -0.910. The second-order valence-corrected chi connectivity index (χ2v) is 5.33. The largest absolute Gasteiger partial charge is 0.434 e. The molecule has 6 heteroatoms. The SMILES string of the molecule is CCN(CC)CC(C)NCc1cc(Cl)ccc1OC(F)F. The van der Waals surface area contributed by atoms with Crippen LogP contribution >= 0.6 is 11.6 Å². The molecule has 0 aliphatic rings. The molecule has 0 aliphatic carbocycles. The number of ether oxygens (including phenoxy) is 1. The Morgan fingerprint density at radius 3 is 2.52 bits per heavy atom. The van der Waals surface area contributed by atoms with E-state index >= 15 is 0 Å². The van der Waals surface area contributed by atoms with E-state index in [9.17, 15) is 8.78 Å². The van der Waals surface area contributed by atoms with Gasteiger partial charge in [-0.15, -0.1) is 0 Å². The third kappa shape index (κ3) is 6.59. The Labute approximate surface area is 130 Å². The lowest BCUT2D eigenvalue weighted by atomic mass is 10.2. The summed E-state index contributed by atoms with van der Waals surface area (Å²) < 4.78 is 29.3. The zero-order valence-corrected chi connectivity index (χ0v) is 13.5. The van der Waals surface area contributed by atoms with Crippen molar-refractivity contribution in [1.29, 1.82) is 0 Å². The molecular weight excluding hydrogens is 298 g/mol. The first-order valence-electron chi connectivity index (χ1n) is 7.15. The molecule has 0 bridgehead atoms. The molecule has 1 N–H and O–H groups in total. The fourth-order valence-electron chi connectivity index (χ4n) is 2.11. The van der Waals surface area contributed by atoms with Crippen LogP contribution in [0.2, 0.25) is 5.02 Å². The van der Waals surface area contributed by atoms with E-state index in [1.165, 1.54) is 6.07 Å². The van der Waals surface area contributed by atoms with Gasteiger partial charge in [0.2, 0.25) is 0 Å². The molecule has 1 unspecified atom stereocenters. The number of benzene rings is 1. The highest BCUT2D eigenvalue weighted by atomic mass is 35.5. The van der Waals surface area contributed by atoms with Crippen molar-refractivity contribution in [2.75, 3.05) is 19.6 Å². The minimum atomic E-state index is -2.84. The van der Waals surface area contributed by atoms with Gasteiger partial charge in [-0.05, 0) is 38.2 Å². The Balaban J connectivity index is 2.63. The molecule has 1 atom stereocenters. The van der Waals surface area contributed by atoms with E-state index in [4.69, 9.17) is 11.6 Å². The van der Waals surface area contributed by atoms with Gasteiger partial charge < -0.3 is 15.0 Å². The number of rotatable bonds is 9. The molecular formula is C15H23ClF2N2O. The van der Waals surface area contributed by atoms with Gasteiger partial charge in [0.1, 0.15) is 5.75 Å². The summed E-state index contributed by atoms with van der Waals surface area (Å²) in [5.74, 6) is 0.164. The summed E-state index contributed by atoms with van der Waals surface area (Å²) in [6.45, 7) is 6.76. The quantitative estimate of drug-likeness (QED) is 0.749. The van der Waals surface area contributed by atoms with Gasteiger partial charge in [-0.3, -0.25) is 0 Å². The third-order valence-corrected chi connectivity index (χ3v) is 3.54. The predicted octanol–water partition coefficient (Wildman–Crippen LogP) is 3.76. The van der Waals surface area contributed by atoms with Gasteiger partial charge in [0.05, 0.1) is 0 Å². The molecule has 0 aliphatic heterocycles. The second-order valence-electron chi connectivity index (χ2n) is 4.90. The average Bonchev–Trinajstić information content (AvgIpc) is 2.44. The predicted molar refractivity (Wildman–Crippen MR) is 82.2 cm³/mol. The van der Waals surface area contributed by atoms with Crippen molar-refractivity contribution in [2.45, 2.75) is 40.0 Å². The molecule has 1 aromatic carbocycles. The third-order valence-electron chi connectivity index (χ3n) is 3.31. The van der Waals surface area contributed by atoms with Crippen LogP contribution in [0.3, 0.4) is 0 Å². The number of halogens is 3. The number of nitrogens with one attached hydrogen (secondary N) is 1. The summed E-state index contributed by atoms with van der Waals surface area (Å²) in [5, 5.41) is 3.82. The highest BCUT2D eigenvalue weighted by Gasteiger charge is 2.12. The lowest BCUT2D eigenvalue weighted by Crippen LogP contribution is -2.38. The van der Waals surface area contributed by atoms with Gasteiger partial charge in [-0.1, -0.05) is 25.4 Å².